The number of sulfonamides is 1. The first-order valence-electron chi connectivity index (χ1n) is 13.6. The number of nitrogens with zero attached hydrogens (tertiary/aromatic N) is 3. The van der Waals surface area contributed by atoms with Gasteiger partial charge in [-0.2, -0.15) is 4.31 Å². The molecular weight excluding hydrogens is 520 g/mol. The maximum Gasteiger partial charge on any atom is 0.268 e. The van der Waals surface area contributed by atoms with Crippen molar-refractivity contribution in [3.05, 3.63) is 48.0 Å². The van der Waals surface area contributed by atoms with Gasteiger partial charge in [-0.3, -0.25) is 19.3 Å². The van der Waals surface area contributed by atoms with Crippen molar-refractivity contribution in [2.75, 3.05) is 42.9 Å². The van der Waals surface area contributed by atoms with Crippen LogP contribution in [0.15, 0.2) is 47.4 Å². The van der Waals surface area contributed by atoms with Crippen LogP contribution in [0.4, 0.5) is 11.4 Å². The van der Waals surface area contributed by atoms with E-state index in [-0.39, 0.29) is 23.3 Å². The Morgan fingerprint density at radius 2 is 1.56 bits per heavy atom. The number of nitrogens with one attached hydrogen (secondary N) is 1. The van der Waals surface area contributed by atoms with Crippen LogP contribution in [0.2, 0.25) is 0 Å². The smallest absolute Gasteiger partial charge is 0.268 e. The van der Waals surface area contributed by atoms with E-state index in [1.54, 1.807) is 30.0 Å². The summed E-state index contributed by atoms with van der Waals surface area (Å²) in [5, 5.41) is 2.81. The number of hydrogen-bond acceptors (Lipinski definition) is 6. The van der Waals surface area contributed by atoms with E-state index in [4.69, 9.17) is 4.74 Å². The molecule has 3 aliphatic rings. The third-order valence-electron chi connectivity index (χ3n) is 7.50. The number of carbonyl (C=O) groups excluding carboxylic acids is 3. The van der Waals surface area contributed by atoms with Crippen LogP contribution < -0.4 is 15.0 Å². The highest BCUT2D eigenvalue weighted by molar-refractivity contribution is 7.89. The molecule has 3 aliphatic heterocycles. The Labute approximate surface area is 228 Å². The molecule has 208 valence electrons. The number of amides is 3. The molecule has 2 aromatic carbocycles. The van der Waals surface area contributed by atoms with E-state index in [1.807, 2.05) is 0 Å². The normalized spacial score (nSPS) is 20.2. The molecule has 5 rings (SSSR count). The number of benzene rings is 2. The molecule has 0 aliphatic carbocycles. The van der Waals surface area contributed by atoms with Gasteiger partial charge in [0.25, 0.3) is 11.8 Å². The standard InChI is InChI=1S/C28H34N4O6S/c1-20-28(35)32(19-26(33)30-14-4-2-5-15-30)24-18-22(10-13-25(24)38-20)29-27(34)21-8-11-23(12-9-21)39(36,37)31-16-6-3-7-17-31/h8-13,18,20H,2-7,14-17,19H2,1H3,(H,29,34). The molecule has 39 heavy (non-hydrogen) atoms. The molecule has 3 amide bonds. The van der Waals surface area contributed by atoms with E-state index in [9.17, 15) is 22.8 Å². The Morgan fingerprint density at radius 1 is 0.923 bits per heavy atom. The molecule has 0 saturated carbocycles. The lowest BCUT2D eigenvalue weighted by Crippen LogP contribution is -2.50. The van der Waals surface area contributed by atoms with E-state index in [1.165, 1.54) is 33.5 Å². The summed E-state index contributed by atoms with van der Waals surface area (Å²) >= 11 is 0. The molecule has 2 fully saturated rings. The molecule has 1 atom stereocenters. The minimum atomic E-state index is -3.59. The van der Waals surface area contributed by atoms with Gasteiger partial charge in [0.2, 0.25) is 15.9 Å². The van der Waals surface area contributed by atoms with Gasteiger partial charge in [0.05, 0.1) is 10.6 Å². The topological polar surface area (TPSA) is 116 Å². The second kappa shape index (κ2) is 11.4. The van der Waals surface area contributed by atoms with E-state index in [0.29, 0.717) is 48.9 Å². The van der Waals surface area contributed by atoms with Gasteiger partial charge in [0, 0.05) is 37.4 Å². The summed E-state index contributed by atoms with van der Waals surface area (Å²) in [5.41, 5.74) is 1.14. The summed E-state index contributed by atoms with van der Waals surface area (Å²) in [4.78, 5) is 42.3. The molecule has 11 heteroatoms. The predicted octanol–water partition coefficient (Wildman–Crippen LogP) is 3.24. The van der Waals surface area contributed by atoms with Crippen LogP contribution in [0, 0.1) is 0 Å². The Balaban J connectivity index is 1.31. The molecule has 10 nitrogen and oxygen atoms in total. The monoisotopic (exact) mass is 554 g/mol. The third-order valence-corrected chi connectivity index (χ3v) is 9.41. The number of carbonyl (C=O) groups is 3. The fourth-order valence-corrected chi connectivity index (χ4v) is 6.78. The summed E-state index contributed by atoms with van der Waals surface area (Å²) in [5.74, 6) is -0.401. The minimum absolute atomic E-state index is 0.0934. The van der Waals surface area contributed by atoms with E-state index < -0.39 is 22.0 Å². The lowest BCUT2D eigenvalue weighted by Gasteiger charge is -2.35. The maximum absolute atomic E-state index is 13.0. The zero-order valence-corrected chi connectivity index (χ0v) is 22.9. The number of piperidine rings is 2. The third kappa shape index (κ3) is 5.79. The van der Waals surface area contributed by atoms with Crippen molar-refractivity contribution in [3.8, 4) is 5.75 Å². The molecule has 0 spiro atoms. The second-order valence-electron chi connectivity index (χ2n) is 10.3. The number of ether oxygens (including phenoxy) is 1. The van der Waals surface area contributed by atoms with Crippen molar-refractivity contribution < 1.29 is 27.5 Å². The number of rotatable bonds is 6. The molecule has 0 radical (unpaired) electrons. The van der Waals surface area contributed by atoms with Crippen molar-refractivity contribution in [2.24, 2.45) is 0 Å². The fourth-order valence-electron chi connectivity index (χ4n) is 5.26. The van der Waals surface area contributed by atoms with Crippen LogP contribution in [0.1, 0.15) is 55.8 Å². The van der Waals surface area contributed by atoms with Crippen molar-refractivity contribution >= 4 is 39.1 Å². The quantitative estimate of drug-likeness (QED) is 0.586. The number of anilines is 2. The second-order valence-corrected chi connectivity index (χ2v) is 12.2. The van der Waals surface area contributed by atoms with Gasteiger partial charge in [-0.25, -0.2) is 8.42 Å². The van der Waals surface area contributed by atoms with Crippen LogP contribution >= 0.6 is 0 Å². The SMILES string of the molecule is CC1Oc2ccc(NC(=O)c3ccc(S(=O)(=O)N4CCCCC4)cc3)cc2N(CC(=O)N2CCCCC2)C1=O. The van der Waals surface area contributed by atoms with E-state index >= 15 is 0 Å². The largest absolute Gasteiger partial charge is 0.479 e. The minimum Gasteiger partial charge on any atom is -0.479 e. The Hall–Kier alpha value is -3.44. The van der Waals surface area contributed by atoms with Gasteiger partial charge in [0.1, 0.15) is 12.3 Å². The van der Waals surface area contributed by atoms with Gasteiger partial charge in [-0.15, -0.1) is 0 Å². The summed E-state index contributed by atoms with van der Waals surface area (Å²) in [6, 6.07) is 10.8. The average molecular weight is 555 g/mol. The van der Waals surface area contributed by atoms with E-state index in [0.717, 1.165) is 38.5 Å². The number of likely N-dealkylation sites (tertiary alicyclic amines) is 1. The summed E-state index contributed by atoms with van der Waals surface area (Å²) in [6.07, 6.45) is 5.00. The molecule has 0 bridgehead atoms. The maximum atomic E-state index is 13.0. The van der Waals surface area contributed by atoms with Crippen molar-refractivity contribution in [2.45, 2.75) is 56.4 Å². The van der Waals surface area contributed by atoms with Gasteiger partial charge in [-0.05, 0) is 81.5 Å². The first-order valence-corrected chi connectivity index (χ1v) is 15.0. The zero-order valence-electron chi connectivity index (χ0n) is 22.1. The van der Waals surface area contributed by atoms with Crippen LogP contribution in [0.25, 0.3) is 0 Å². The highest BCUT2D eigenvalue weighted by Gasteiger charge is 2.34. The van der Waals surface area contributed by atoms with Gasteiger partial charge >= 0.3 is 0 Å². The van der Waals surface area contributed by atoms with Crippen molar-refractivity contribution in [1.82, 2.24) is 9.21 Å². The van der Waals surface area contributed by atoms with Crippen molar-refractivity contribution in [1.29, 1.82) is 0 Å². The molecule has 3 heterocycles. The van der Waals surface area contributed by atoms with Gasteiger partial charge in [0.15, 0.2) is 6.10 Å². The average Bonchev–Trinajstić information content (AvgIpc) is 2.96. The van der Waals surface area contributed by atoms with Crippen LogP contribution in [0.5, 0.6) is 5.75 Å². The highest BCUT2D eigenvalue weighted by Crippen LogP contribution is 2.36. The molecular formula is C28H34N4O6S. The van der Waals surface area contributed by atoms with Crippen LogP contribution in [0.3, 0.4) is 0 Å². The molecule has 2 saturated heterocycles. The summed E-state index contributed by atoms with van der Waals surface area (Å²) in [7, 11) is -3.59. The summed E-state index contributed by atoms with van der Waals surface area (Å²) < 4.78 is 33.1. The predicted molar refractivity (Wildman–Crippen MR) is 146 cm³/mol. The Bertz CT molecular complexity index is 1350. The van der Waals surface area contributed by atoms with E-state index in [2.05, 4.69) is 5.32 Å². The van der Waals surface area contributed by atoms with Gasteiger partial charge < -0.3 is 15.0 Å². The van der Waals surface area contributed by atoms with Crippen LogP contribution in [-0.4, -0.2) is 74.2 Å². The first-order chi connectivity index (χ1) is 18.7. The molecule has 0 aromatic heterocycles. The van der Waals surface area contributed by atoms with Gasteiger partial charge in [-0.1, -0.05) is 6.42 Å². The molecule has 1 N–H and O–H groups in total. The number of hydrogen-bond donors (Lipinski definition) is 1. The molecule has 1 unspecified atom stereocenters. The fraction of sp³-hybridized carbons (Fsp3) is 0.464. The van der Waals surface area contributed by atoms with Crippen LogP contribution in [-0.2, 0) is 19.6 Å². The number of fused-ring (bicyclic) bond motifs is 1. The highest BCUT2D eigenvalue weighted by atomic mass is 32.2. The Morgan fingerprint density at radius 3 is 2.23 bits per heavy atom. The first kappa shape index (κ1) is 27.1. The Kier molecular flexibility index (Phi) is 7.90. The summed E-state index contributed by atoms with van der Waals surface area (Å²) in [6.45, 7) is 3.95. The zero-order chi connectivity index (χ0) is 27.6. The lowest BCUT2D eigenvalue weighted by molar-refractivity contribution is -0.133. The lowest BCUT2D eigenvalue weighted by atomic mass is 10.1. The van der Waals surface area contributed by atoms with Crippen molar-refractivity contribution in [3.63, 3.8) is 0 Å². The molecule has 2 aromatic rings.